The Labute approximate surface area is 291 Å². The van der Waals surface area contributed by atoms with Crippen molar-refractivity contribution in [3.8, 4) is 0 Å². The van der Waals surface area contributed by atoms with Gasteiger partial charge in [-0.15, -0.1) is 0 Å². The van der Waals surface area contributed by atoms with Gasteiger partial charge in [0.25, 0.3) is 10.0 Å². The van der Waals surface area contributed by atoms with E-state index in [0.717, 1.165) is 9.87 Å². The van der Waals surface area contributed by atoms with Gasteiger partial charge in [0.1, 0.15) is 11.6 Å². The third kappa shape index (κ3) is 5.66. The van der Waals surface area contributed by atoms with Crippen LogP contribution in [0.25, 0.3) is 5.57 Å². The summed E-state index contributed by atoms with van der Waals surface area (Å²) < 4.78 is 31.2. The molecule has 0 amide bonds. The maximum atomic E-state index is 15.0. The van der Waals surface area contributed by atoms with Gasteiger partial charge in [-0.3, -0.25) is 13.9 Å². The van der Waals surface area contributed by atoms with Crippen molar-refractivity contribution in [1.82, 2.24) is 4.31 Å². The number of nitrogens with zero attached hydrogens (tertiary/aromatic N) is 1. The quantitative estimate of drug-likeness (QED) is 0.165. The third-order valence-electron chi connectivity index (χ3n) is 9.14. The molecule has 1 aliphatic rings. The van der Waals surface area contributed by atoms with Crippen LogP contribution in [0.4, 0.5) is 0 Å². The van der Waals surface area contributed by atoms with Crippen LogP contribution >= 0.6 is 0 Å². The summed E-state index contributed by atoms with van der Waals surface area (Å²) in [6.07, 6.45) is 1.31. The van der Waals surface area contributed by atoms with Crippen molar-refractivity contribution in [2.75, 3.05) is 0 Å². The van der Waals surface area contributed by atoms with E-state index in [1.54, 1.807) is 146 Å². The van der Waals surface area contributed by atoms with Crippen LogP contribution in [0.1, 0.15) is 60.1 Å². The summed E-state index contributed by atoms with van der Waals surface area (Å²) in [6, 6.07) is 45.0. The van der Waals surface area contributed by atoms with Crippen molar-refractivity contribution in [1.29, 1.82) is 0 Å². The van der Waals surface area contributed by atoms with Gasteiger partial charge < -0.3 is 5.11 Å². The second-order valence-electron chi connectivity index (χ2n) is 12.3. The van der Waals surface area contributed by atoms with E-state index in [-0.39, 0.29) is 32.9 Å². The zero-order valence-corrected chi connectivity index (χ0v) is 28.0. The SMILES string of the molecule is Cc1ccc(S(=O)(=O)N2C=C(C(=O)c3ccccc3)c3c(C(=O)c4ccccc4)cccc3[C@](O)(c3ccccc3)[C@@H]2c2ccccc2)cc1. The van der Waals surface area contributed by atoms with Crippen molar-refractivity contribution in [2.24, 2.45) is 0 Å². The van der Waals surface area contributed by atoms with Gasteiger partial charge in [0.15, 0.2) is 11.6 Å². The zero-order chi connectivity index (χ0) is 34.9. The number of aryl methyl sites for hydroxylation is 1. The van der Waals surface area contributed by atoms with Crippen molar-refractivity contribution < 1.29 is 23.1 Å². The molecule has 0 aliphatic carbocycles. The monoisotopic (exact) mass is 675 g/mol. The lowest BCUT2D eigenvalue weighted by Gasteiger charge is -2.42. The van der Waals surface area contributed by atoms with E-state index in [1.165, 1.54) is 18.3 Å². The van der Waals surface area contributed by atoms with Gasteiger partial charge in [0.2, 0.25) is 0 Å². The topological polar surface area (TPSA) is 91.8 Å². The number of hydrogen-bond donors (Lipinski definition) is 1. The predicted molar refractivity (Wildman–Crippen MR) is 194 cm³/mol. The van der Waals surface area contributed by atoms with Crippen LogP contribution in [0.2, 0.25) is 0 Å². The Bertz CT molecular complexity index is 2320. The van der Waals surface area contributed by atoms with Gasteiger partial charge in [0.05, 0.1) is 4.90 Å². The maximum absolute atomic E-state index is 15.0. The van der Waals surface area contributed by atoms with Gasteiger partial charge in [-0.05, 0) is 35.7 Å². The van der Waals surface area contributed by atoms with Crippen molar-refractivity contribution >= 4 is 27.2 Å². The van der Waals surface area contributed by atoms with Gasteiger partial charge in [-0.1, -0.05) is 157 Å². The average molecular weight is 676 g/mol. The predicted octanol–water partition coefficient (Wildman–Crippen LogP) is 8.13. The molecule has 0 fully saturated rings. The molecule has 6 aromatic rings. The highest BCUT2D eigenvalue weighted by Gasteiger charge is 2.51. The lowest BCUT2D eigenvalue weighted by Crippen LogP contribution is -2.45. The van der Waals surface area contributed by atoms with Crippen molar-refractivity contribution in [3.63, 3.8) is 0 Å². The highest BCUT2D eigenvalue weighted by molar-refractivity contribution is 7.89. The summed E-state index contributed by atoms with van der Waals surface area (Å²) in [5.74, 6) is -0.885. The molecular weight excluding hydrogens is 643 g/mol. The molecule has 0 spiro atoms. The second kappa shape index (κ2) is 13.2. The highest BCUT2D eigenvalue weighted by Crippen LogP contribution is 2.52. The van der Waals surface area contributed by atoms with Gasteiger partial charge in [0, 0.05) is 34.0 Å². The normalized spacial score (nSPS) is 17.3. The van der Waals surface area contributed by atoms with E-state index in [9.17, 15) is 14.7 Å². The number of rotatable bonds is 8. The number of fused-ring (bicyclic) bond motifs is 1. The summed E-state index contributed by atoms with van der Waals surface area (Å²) in [5.41, 5.74) is 0.764. The van der Waals surface area contributed by atoms with Crippen LogP contribution in [0.15, 0.2) is 175 Å². The summed E-state index contributed by atoms with van der Waals surface area (Å²) in [5, 5.41) is 13.6. The summed E-state index contributed by atoms with van der Waals surface area (Å²) in [4.78, 5) is 29.2. The first-order valence-electron chi connectivity index (χ1n) is 16.2. The van der Waals surface area contributed by atoms with E-state index in [2.05, 4.69) is 0 Å². The molecule has 0 saturated heterocycles. The lowest BCUT2D eigenvalue weighted by atomic mass is 9.73. The van der Waals surface area contributed by atoms with Crippen LogP contribution < -0.4 is 0 Å². The minimum atomic E-state index is -4.47. The Morgan fingerprint density at radius 3 is 1.72 bits per heavy atom. The molecule has 2 atom stereocenters. The van der Waals surface area contributed by atoms with Gasteiger partial charge in [-0.25, -0.2) is 8.42 Å². The number of ketones is 2. The molecule has 0 radical (unpaired) electrons. The standard InChI is InChI=1S/C43H33NO5S/c1-30-25-27-35(28-26-30)50(48,49)44-29-37(41(46)32-17-8-3-9-18-32)39-36(40(45)31-15-6-2-7-16-31)23-14-24-38(39)43(47,34-21-12-5-13-22-34)42(44)33-19-10-4-11-20-33/h2-29,42,47H,1H3/t42-,43+/m0/s1. The molecule has 0 aromatic heterocycles. The van der Waals surface area contributed by atoms with Crippen LogP contribution in [-0.4, -0.2) is 29.4 Å². The molecular formula is C43H33NO5S. The number of allylic oxidation sites excluding steroid dienone is 1. The lowest BCUT2D eigenvalue weighted by molar-refractivity contribution is 0.0184. The molecule has 0 saturated carbocycles. The average Bonchev–Trinajstić information content (AvgIpc) is 3.29. The first-order valence-corrected chi connectivity index (χ1v) is 17.6. The van der Waals surface area contributed by atoms with Crippen molar-refractivity contribution in [2.45, 2.75) is 23.5 Å². The number of carbonyl (C=O) groups is 2. The third-order valence-corrected chi connectivity index (χ3v) is 10.9. The Morgan fingerprint density at radius 1 is 0.620 bits per heavy atom. The highest BCUT2D eigenvalue weighted by atomic mass is 32.2. The van der Waals surface area contributed by atoms with E-state index < -0.39 is 27.4 Å². The fourth-order valence-corrected chi connectivity index (χ4v) is 8.20. The van der Waals surface area contributed by atoms with E-state index in [4.69, 9.17) is 0 Å². The van der Waals surface area contributed by atoms with Crippen LogP contribution in [-0.2, 0) is 15.6 Å². The first-order chi connectivity index (χ1) is 24.2. The fraction of sp³-hybridized carbons (Fsp3) is 0.0698. The molecule has 7 heteroatoms. The van der Waals surface area contributed by atoms with Gasteiger partial charge in [-0.2, -0.15) is 0 Å². The van der Waals surface area contributed by atoms with Crippen molar-refractivity contribution in [3.05, 3.63) is 214 Å². The molecule has 6 nitrogen and oxygen atoms in total. The molecule has 7 rings (SSSR count). The number of hydrogen-bond acceptors (Lipinski definition) is 5. The van der Waals surface area contributed by atoms with E-state index >= 15 is 8.42 Å². The maximum Gasteiger partial charge on any atom is 0.264 e. The number of benzene rings is 6. The Balaban J connectivity index is 1.65. The summed E-state index contributed by atoms with van der Waals surface area (Å²) >= 11 is 0. The van der Waals surface area contributed by atoms with E-state index in [1.807, 2.05) is 13.0 Å². The minimum Gasteiger partial charge on any atom is -0.378 e. The fourth-order valence-electron chi connectivity index (χ4n) is 6.68. The summed E-state index contributed by atoms with van der Waals surface area (Å²) in [7, 11) is -4.47. The second-order valence-corrected chi connectivity index (χ2v) is 14.1. The van der Waals surface area contributed by atoms with Crippen LogP contribution in [0.3, 0.4) is 0 Å². The molecule has 0 bridgehead atoms. The number of aliphatic hydroxyl groups is 1. The summed E-state index contributed by atoms with van der Waals surface area (Å²) in [6.45, 7) is 1.86. The Morgan fingerprint density at radius 2 is 1.14 bits per heavy atom. The smallest absolute Gasteiger partial charge is 0.264 e. The Kier molecular flexibility index (Phi) is 8.62. The Hall–Kier alpha value is -5.89. The number of Topliss-reactive ketones (excluding diaryl/α,β-unsaturated/α-hetero) is 1. The largest absolute Gasteiger partial charge is 0.378 e. The number of sulfonamides is 1. The van der Waals surface area contributed by atoms with E-state index in [0.29, 0.717) is 22.3 Å². The first kappa shape index (κ1) is 32.6. The molecule has 1 heterocycles. The molecule has 1 N–H and O–H groups in total. The molecule has 50 heavy (non-hydrogen) atoms. The zero-order valence-electron chi connectivity index (χ0n) is 27.2. The van der Waals surface area contributed by atoms with Gasteiger partial charge >= 0.3 is 0 Å². The molecule has 246 valence electrons. The molecule has 0 unspecified atom stereocenters. The molecule has 6 aromatic carbocycles. The van der Waals surface area contributed by atoms with Crippen LogP contribution in [0.5, 0.6) is 0 Å². The van der Waals surface area contributed by atoms with Crippen LogP contribution in [0, 0.1) is 6.92 Å². The minimum absolute atomic E-state index is 0.0197. The number of carbonyl (C=O) groups excluding carboxylic acids is 2. The molecule has 1 aliphatic heterocycles.